The van der Waals surface area contributed by atoms with Crippen LogP contribution >= 0.6 is 34.8 Å². The molecule has 0 amide bonds. The normalized spacial score (nSPS) is 10.6. The molecule has 0 radical (unpaired) electrons. The SMILES string of the molecule is Fc1nccc(-c2c(Cl)ccc(Cl)c2Cl)c1F. The zero-order chi connectivity index (χ0) is 12.6. The number of halogens is 5. The van der Waals surface area contributed by atoms with E-state index in [1.54, 1.807) is 0 Å². The topological polar surface area (TPSA) is 12.9 Å². The summed E-state index contributed by atoms with van der Waals surface area (Å²) in [4.78, 5) is 3.19. The van der Waals surface area contributed by atoms with E-state index in [0.717, 1.165) is 6.20 Å². The van der Waals surface area contributed by atoms with Crippen molar-refractivity contribution in [1.29, 1.82) is 0 Å². The van der Waals surface area contributed by atoms with E-state index in [-0.39, 0.29) is 26.2 Å². The maximum absolute atomic E-state index is 13.6. The van der Waals surface area contributed by atoms with Crippen molar-refractivity contribution in [1.82, 2.24) is 4.98 Å². The highest BCUT2D eigenvalue weighted by Gasteiger charge is 2.18. The number of hydrogen-bond donors (Lipinski definition) is 0. The van der Waals surface area contributed by atoms with Crippen molar-refractivity contribution in [2.75, 3.05) is 0 Å². The summed E-state index contributed by atoms with van der Waals surface area (Å²) in [5.74, 6) is -2.33. The quantitative estimate of drug-likeness (QED) is 0.533. The van der Waals surface area contributed by atoms with Gasteiger partial charge in [-0.15, -0.1) is 0 Å². The fraction of sp³-hybridized carbons (Fsp3) is 0. The summed E-state index contributed by atoms with van der Waals surface area (Å²) in [6.45, 7) is 0. The van der Waals surface area contributed by atoms with Crippen molar-refractivity contribution >= 4 is 34.8 Å². The first-order chi connectivity index (χ1) is 8.02. The lowest BCUT2D eigenvalue weighted by molar-refractivity contribution is 0.482. The van der Waals surface area contributed by atoms with Gasteiger partial charge < -0.3 is 0 Å². The summed E-state index contributed by atoms with van der Waals surface area (Å²) in [6, 6.07) is 4.22. The molecule has 1 aromatic heterocycles. The highest BCUT2D eigenvalue weighted by molar-refractivity contribution is 6.46. The zero-order valence-corrected chi connectivity index (χ0v) is 10.4. The number of pyridine rings is 1. The van der Waals surface area contributed by atoms with Crippen molar-refractivity contribution in [2.45, 2.75) is 0 Å². The summed E-state index contributed by atoms with van der Waals surface area (Å²) in [7, 11) is 0. The Morgan fingerprint density at radius 2 is 1.59 bits per heavy atom. The van der Waals surface area contributed by atoms with Gasteiger partial charge in [0.1, 0.15) is 0 Å². The second kappa shape index (κ2) is 4.77. The van der Waals surface area contributed by atoms with Gasteiger partial charge in [-0.3, -0.25) is 0 Å². The molecule has 0 unspecified atom stereocenters. The van der Waals surface area contributed by atoms with Crippen LogP contribution in [0.15, 0.2) is 24.4 Å². The average molecular weight is 295 g/mol. The first kappa shape index (κ1) is 12.6. The van der Waals surface area contributed by atoms with Gasteiger partial charge in [0.25, 0.3) is 0 Å². The van der Waals surface area contributed by atoms with Gasteiger partial charge in [0.05, 0.1) is 15.1 Å². The van der Waals surface area contributed by atoms with Crippen LogP contribution in [0, 0.1) is 11.8 Å². The number of benzene rings is 1. The van der Waals surface area contributed by atoms with Crippen LogP contribution in [0.25, 0.3) is 11.1 Å². The predicted molar refractivity (Wildman–Crippen MR) is 64.6 cm³/mol. The molecule has 2 rings (SSSR count). The highest BCUT2D eigenvalue weighted by Crippen LogP contribution is 2.40. The monoisotopic (exact) mass is 293 g/mol. The third kappa shape index (κ3) is 2.23. The minimum absolute atomic E-state index is 0.0728. The Hall–Kier alpha value is -0.900. The summed E-state index contributed by atoms with van der Waals surface area (Å²) in [5.41, 5.74) is 0.0784. The van der Waals surface area contributed by atoms with Gasteiger partial charge in [0.2, 0.25) is 5.95 Å². The Morgan fingerprint density at radius 1 is 0.941 bits per heavy atom. The molecule has 6 heteroatoms. The van der Waals surface area contributed by atoms with E-state index in [1.165, 1.54) is 18.2 Å². The first-order valence-electron chi connectivity index (χ1n) is 4.46. The first-order valence-corrected chi connectivity index (χ1v) is 5.59. The summed E-state index contributed by atoms with van der Waals surface area (Å²) >= 11 is 17.6. The third-order valence-corrected chi connectivity index (χ3v) is 3.28. The van der Waals surface area contributed by atoms with Gasteiger partial charge in [-0.2, -0.15) is 4.39 Å². The molecule has 0 aliphatic carbocycles. The van der Waals surface area contributed by atoms with Crippen LogP contribution in [0.1, 0.15) is 0 Å². The number of hydrogen-bond acceptors (Lipinski definition) is 1. The van der Waals surface area contributed by atoms with Crippen molar-refractivity contribution in [3.63, 3.8) is 0 Å². The number of aromatic nitrogens is 1. The fourth-order valence-electron chi connectivity index (χ4n) is 1.39. The van der Waals surface area contributed by atoms with E-state index in [9.17, 15) is 8.78 Å². The predicted octanol–water partition coefficient (Wildman–Crippen LogP) is 4.99. The average Bonchev–Trinajstić information content (AvgIpc) is 2.30. The van der Waals surface area contributed by atoms with Gasteiger partial charge in [-0.25, -0.2) is 9.37 Å². The lowest BCUT2D eigenvalue weighted by Crippen LogP contribution is -1.94. The van der Waals surface area contributed by atoms with Crippen LogP contribution in [-0.4, -0.2) is 4.98 Å². The van der Waals surface area contributed by atoms with Gasteiger partial charge >= 0.3 is 0 Å². The Kier molecular flexibility index (Phi) is 3.52. The maximum atomic E-state index is 13.6. The van der Waals surface area contributed by atoms with Gasteiger partial charge in [-0.05, 0) is 18.2 Å². The van der Waals surface area contributed by atoms with Crippen LogP contribution in [-0.2, 0) is 0 Å². The van der Waals surface area contributed by atoms with E-state index in [2.05, 4.69) is 4.98 Å². The molecular weight excluding hydrogens is 290 g/mol. The standard InChI is InChI=1S/C11H4Cl3F2N/c12-6-1-2-7(13)9(14)8(6)5-3-4-17-11(16)10(5)15/h1-4H. The molecule has 2 aromatic rings. The van der Waals surface area contributed by atoms with Crippen molar-refractivity contribution in [3.05, 3.63) is 51.2 Å². The zero-order valence-electron chi connectivity index (χ0n) is 8.15. The molecule has 0 bridgehead atoms. The molecule has 0 N–H and O–H groups in total. The Bertz CT molecular complexity index is 587. The van der Waals surface area contributed by atoms with Crippen molar-refractivity contribution in [2.24, 2.45) is 0 Å². The second-order valence-corrected chi connectivity index (χ2v) is 4.37. The van der Waals surface area contributed by atoms with E-state index in [4.69, 9.17) is 34.8 Å². The molecule has 88 valence electrons. The molecule has 0 fully saturated rings. The van der Waals surface area contributed by atoms with Gasteiger partial charge in [0.15, 0.2) is 5.82 Å². The molecule has 0 aliphatic heterocycles. The molecule has 17 heavy (non-hydrogen) atoms. The Morgan fingerprint density at radius 3 is 2.29 bits per heavy atom. The van der Waals surface area contributed by atoms with Crippen LogP contribution in [0.2, 0.25) is 15.1 Å². The molecule has 0 saturated carbocycles. The Labute approximate surface area is 111 Å². The summed E-state index contributed by atoms with van der Waals surface area (Å²) in [5, 5.41) is 0.468. The van der Waals surface area contributed by atoms with Crippen LogP contribution < -0.4 is 0 Å². The van der Waals surface area contributed by atoms with Crippen molar-refractivity contribution < 1.29 is 8.78 Å². The van der Waals surface area contributed by atoms with Gasteiger partial charge in [-0.1, -0.05) is 34.8 Å². The summed E-state index contributed by atoms with van der Waals surface area (Å²) in [6.07, 6.45) is 1.13. The smallest absolute Gasteiger partial charge is 0.226 e. The molecule has 0 spiro atoms. The van der Waals surface area contributed by atoms with Crippen LogP contribution in [0.4, 0.5) is 8.78 Å². The second-order valence-electron chi connectivity index (χ2n) is 3.18. The summed E-state index contributed by atoms with van der Waals surface area (Å²) < 4.78 is 26.6. The van der Waals surface area contributed by atoms with Crippen LogP contribution in [0.5, 0.6) is 0 Å². The van der Waals surface area contributed by atoms with E-state index in [0.29, 0.717) is 0 Å². The van der Waals surface area contributed by atoms with E-state index < -0.39 is 11.8 Å². The Balaban J connectivity index is 2.77. The molecule has 0 saturated heterocycles. The van der Waals surface area contributed by atoms with Gasteiger partial charge in [0, 0.05) is 17.3 Å². The highest BCUT2D eigenvalue weighted by atomic mass is 35.5. The molecule has 0 atom stereocenters. The minimum Gasteiger partial charge on any atom is -0.226 e. The van der Waals surface area contributed by atoms with E-state index in [1.807, 2.05) is 0 Å². The maximum Gasteiger partial charge on any atom is 0.249 e. The third-order valence-electron chi connectivity index (χ3n) is 2.16. The fourth-order valence-corrected chi connectivity index (χ4v) is 2.12. The lowest BCUT2D eigenvalue weighted by atomic mass is 10.1. The molecule has 1 heterocycles. The molecule has 1 aromatic carbocycles. The van der Waals surface area contributed by atoms with Crippen LogP contribution in [0.3, 0.4) is 0 Å². The molecule has 1 nitrogen and oxygen atoms in total. The van der Waals surface area contributed by atoms with E-state index >= 15 is 0 Å². The lowest BCUT2D eigenvalue weighted by Gasteiger charge is -2.09. The largest absolute Gasteiger partial charge is 0.249 e. The molecular formula is C11H4Cl3F2N. The molecule has 0 aliphatic rings. The van der Waals surface area contributed by atoms with Crippen molar-refractivity contribution in [3.8, 4) is 11.1 Å². The number of rotatable bonds is 1. The number of nitrogens with zero attached hydrogens (tertiary/aromatic N) is 1. The minimum atomic E-state index is -1.21.